The Hall–Kier alpha value is -1.40. The first-order valence-corrected chi connectivity index (χ1v) is 7.42. The molecule has 1 aliphatic rings. The quantitative estimate of drug-likeness (QED) is 0.885. The molecule has 0 unspecified atom stereocenters. The molecule has 1 amide bonds. The highest BCUT2D eigenvalue weighted by molar-refractivity contribution is 5.80. The third-order valence-electron chi connectivity index (χ3n) is 3.97. The van der Waals surface area contributed by atoms with Gasteiger partial charge in [-0.15, -0.1) is 0 Å². The van der Waals surface area contributed by atoms with Gasteiger partial charge in [-0.25, -0.2) is 0 Å². The van der Waals surface area contributed by atoms with E-state index in [1.54, 1.807) is 7.11 Å². The molecule has 0 bridgehead atoms. The molecule has 0 radical (unpaired) electrons. The number of hydrogen-bond donors (Lipinski definition) is 1. The number of rotatable bonds is 5. The Labute approximate surface area is 126 Å². The lowest BCUT2D eigenvalue weighted by Crippen LogP contribution is -2.44. The molecule has 2 rings (SSSR count). The van der Waals surface area contributed by atoms with Crippen LogP contribution in [0.25, 0.3) is 0 Å². The number of nitrogens with two attached hydrogens (primary N) is 1. The number of carbonyl (C=O) groups excluding carboxylic acids is 1. The monoisotopic (exact) mass is 294 g/mol. The van der Waals surface area contributed by atoms with E-state index in [4.69, 9.17) is 10.5 Å². The first-order chi connectivity index (χ1) is 9.88. The topological polar surface area (TPSA) is 73.4 Å². The first kappa shape index (κ1) is 16.0. The Bertz CT molecular complexity index is 492. The van der Waals surface area contributed by atoms with Crippen molar-refractivity contribution in [3.63, 3.8) is 0 Å². The molecule has 1 aromatic heterocycles. The number of methoxy groups -OCH3 is 1. The SMILES string of the molecule is COCCn1cc([C@H]2[C@H](CN)CC(=O)N2C(C)(C)C)cn1. The minimum Gasteiger partial charge on any atom is -0.383 e. The van der Waals surface area contributed by atoms with Crippen molar-refractivity contribution in [2.45, 2.75) is 45.3 Å². The Morgan fingerprint density at radius 3 is 2.76 bits per heavy atom. The van der Waals surface area contributed by atoms with Crippen molar-refractivity contribution in [2.75, 3.05) is 20.3 Å². The first-order valence-electron chi connectivity index (χ1n) is 7.42. The van der Waals surface area contributed by atoms with Crippen LogP contribution in [0.15, 0.2) is 12.4 Å². The lowest BCUT2D eigenvalue weighted by atomic mass is 9.93. The van der Waals surface area contributed by atoms with Gasteiger partial charge in [0.25, 0.3) is 0 Å². The minimum atomic E-state index is -0.222. The van der Waals surface area contributed by atoms with Crippen LogP contribution in [0.4, 0.5) is 0 Å². The van der Waals surface area contributed by atoms with E-state index in [-0.39, 0.29) is 23.4 Å². The summed E-state index contributed by atoms with van der Waals surface area (Å²) < 4.78 is 6.93. The number of aromatic nitrogens is 2. The zero-order valence-corrected chi connectivity index (χ0v) is 13.4. The highest BCUT2D eigenvalue weighted by Gasteiger charge is 2.45. The summed E-state index contributed by atoms with van der Waals surface area (Å²) in [6.45, 7) is 8.02. The number of nitrogens with zero attached hydrogens (tertiary/aromatic N) is 3. The fourth-order valence-electron chi connectivity index (χ4n) is 3.06. The number of likely N-dealkylation sites (tertiary alicyclic amines) is 1. The van der Waals surface area contributed by atoms with Crippen molar-refractivity contribution in [2.24, 2.45) is 11.7 Å². The van der Waals surface area contributed by atoms with Crippen molar-refractivity contribution in [3.8, 4) is 0 Å². The van der Waals surface area contributed by atoms with Crippen molar-refractivity contribution in [3.05, 3.63) is 18.0 Å². The fraction of sp³-hybridized carbons (Fsp3) is 0.733. The van der Waals surface area contributed by atoms with Crippen LogP contribution in [-0.2, 0) is 16.1 Å². The molecule has 1 fully saturated rings. The van der Waals surface area contributed by atoms with Gasteiger partial charge in [0, 0.05) is 36.7 Å². The zero-order valence-electron chi connectivity index (χ0n) is 13.4. The van der Waals surface area contributed by atoms with Gasteiger partial charge >= 0.3 is 0 Å². The second-order valence-electron chi connectivity index (χ2n) is 6.61. The molecule has 1 aromatic rings. The summed E-state index contributed by atoms with van der Waals surface area (Å²) in [6, 6.07) is 0.0128. The van der Waals surface area contributed by atoms with Gasteiger partial charge in [0.2, 0.25) is 5.91 Å². The summed E-state index contributed by atoms with van der Waals surface area (Å²) in [5, 5.41) is 4.37. The van der Waals surface area contributed by atoms with E-state index >= 15 is 0 Å². The van der Waals surface area contributed by atoms with Crippen molar-refractivity contribution >= 4 is 5.91 Å². The normalized spacial score (nSPS) is 23.1. The van der Waals surface area contributed by atoms with Gasteiger partial charge in [-0.2, -0.15) is 5.10 Å². The van der Waals surface area contributed by atoms with Gasteiger partial charge in [0.1, 0.15) is 0 Å². The van der Waals surface area contributed by atoms with Gasteiger partial charge in [-0.1, -0.05) is 0 Å². The van der Waals surface area contributed by atoms with Crippen molar-refractivity contribution < 1.29 is 9.53 Å². The summed E-state index contributed by atoms with van der Waals surface area (Å²) in [5.41, 5.74) is 6.73. The highest BCUT2D eigenvalue weighted by Crippen LogP contribution is 2.41. The van der Waals surface area contributed by atoms with E-state index in [1.807, 2.05) is 22.0 Å². The zero-order chi connectivity index (χ0) is 15.6. The number of hydrogen-bond acceptors (Lipinski definition) is 4. The minimum absolute atomic E-state index is 0.0128. The molecule has 2 atom stereocenters. The van der Waals surface area contributed by atoms with E-state index in [0.29, 0.717) is 26.1 Å². The molecular formula is C15H26N4O2. The molecule has 0 saturated carbocycles. The molecule has 0 spiro atoms. The Morgan fingerprint density at radius 1 is 1.48 bits per heavy atom. The van der Waals surface area contributed by atoms with Gasteiger partial charge in [0.05, 0.1) is 25.4 Å². The Kier molecular flexibility index (Phi) is 4.68. The third kappa shape index (κ3) is 3.27. The standard InChI is InChI=1S/C15H26N4O2/c1-15(2,3)19-13(20)7-11(8-16)14(19)12-9-17-18(10-12)5-6-21-4/h9-11,14H,5-8,16H2,1-4H3/t11-,14+/m0/s1. The largest absolute Gasteiger partial charge is 0.383 e. The predicted octanol–water partition coefficient (Wildman–Crippen LogP) is 1.18. The van der Waals surface area contributed by atoms with Gasteiger partial charge in [-0.3, -0.25) is 9.48 Å². The maximum Gasteiger partial charge on any atom is 0.223 e. The van der Waals surface area contributed by atoms with Crippen LogP contribution in [0.2, 0.25) is 0 Å². The van der Waals surface area contributed by atoms with Crippen LogP contribution in [-0.4, -0.2) is 46.4 Å². The highest BCUT2D eigenvalue weighted by atomic mass is 16.5. The van der Waals surface area contributed by atoms with Crippen LogP contribution in [0, 0.1) is 5.92 Å². The molecule has 1 aliphatic heterocycles. The lowest BCUT2D eigenvalue weighted by molar-refractivity contribution is -0.133. The molecule has 118 valence electrons. The Morgan fingerprint density at radius 2 is 2.19 bits per heavy atom. The molecule has 1 saturated heterocycles. The summed E-state index contributed by atoms with van der Waals surface area (Å²) in [5.74, 6) is 0.324. The number of amides is 1. The van der Waals surface area contributed by atoms with Crippen molar-refractivity contribution in [1.82, 2.24) is 14.7 Å². The van der Waals surface area contributed by atoms with E-state index in [1.165, 1.54) is 0 Å². The summed E-state index contributed by atoms with van der Waals surface area (Å²) in [7, 11) is 1.67. The molecule has 2 heterocycles. The molecule has 2 N–H and O–H groups in total. The smallest absolute Gasteiger partial charge is 0.223 e. The van der Waals surface area contributed by atoms with E-state index in [2.05, 4.69) is 25.9 Å². The van der Waals surface area contributed by atoms with Crippen LogP contribution < -0.4 is 5.73 Å². The number of carbonyl (C=O) groups is 1. The molecule has 0 aliphatic carbocycles. The average molecular weight is 294 g/mol. The van der Waals surface area contributed by atoms with Crippen LogP contribution in [0.1, 0.15) is 38.8 Å². The maximum absolute atomic E-state index is 12.4. The third-order valence-corrected chi connectivity index (χ3v) is 3.97. The summed E-state index contributed by atoms with van der Waals surface area (Å²) >= 11 is 0. The van der Waals surface area contributed by atoms with Gasteiger partial charge in [0.15, 0.2) is 0 Å². The maximum atomic E-state index is 12.4. The predicted molar refractivity (Wildman–Crippen MR) is 80.6 cm³/mol. The average Bonchev–Trinajstić information content (AvgIpc) is 2.98. The van der Waals surface area contributed by atoms with Crippen molar-refractivity contribution in [1.29, 1.82) is 0 Å². The van der Waals surface area contributed by atoms with Gasteiger partial charge < -0.3 is 15.4 Å². The van der Waals surface area contributed by atoms with E-state index in [0.717, 1.165) is 5.56 Å². The van der Waals surface area contributed by atoms with E-state index < -0.39 is 0 Å². The second-order valence-corrected chi connectivity index (χ2v) is 6.61. The van der Waals surface area contributed by atoms with Crippen LogP contribution in [0.5, 0.6) is 0 Å². The van der Waals surface area contributed by atoms with Crippen LogP contribution in [0.3, 0.4) is 0 Å². The Balaban J connectivity index is 2.28. The van der Waals surface area contributed by atoms with E-state index in [9.17, 15) is 4.79 Å². The molecule has 0 aromatic carbocycles. The molecular weight excluding hydrogens is 268 g/mol. The van der Waals surface area contributed by atoms with Crippen LogP contribution >= 0.6 is 0 Å². The summed E-state index contributed by atoms with van der Waals surface area (Å²) in [4.78, 5) is 14.3. The molecule has 21 heavy (non-hydrogen) atoms. The molecule has 6 heteroatoms. The molecule has 6 nitrogen and oxygen atoms in total. The number of ether oxygens (including phenoxy) is 1. The van der Waals surface area contributed by atoms with Gasteiger partial charge in [-0.05, 0) is 27.3 Å². The second kappa shape index (κ2) is 6.15. The summed E-state index contributed by atoms with van der Waals surface area (Å²) in [6.07, 6.45) is 4.37. The fourth-order valence-corrected chi connectivity index (χ4v) is 3.06. The lowest BCUT2D eigenvalue weighted by Gasteiger charge is -2.38.